The van der Waals surface area contributed by atoms with Crippen molar-refractivity contribution in [1.29, 1.82) is 0 Å². The Balaban J connectivity index is 1.75. The van der Waals surface area contributed by atoms with Crippen molar-refractivity contribution in [3.8, 4) is 11.5 Å². The van der Waals surface area contributed by atoms with Crippen LogP contribution in [0.15, 0.2) is 53.9 Å². The van der Waals surface area contributed by atoms with E-state index in [1.807, 2.05) is 5.38 Å². The van der Waals surface area contributed by atoms with Gasteiger partial charge in [0.15, 0.2) is 11.5 Å². The third-order valence-corrected chi connectivity index (χ3v) is 4.87. The third-order valence-electron chi connectivity index (χ3n) is 3.71. The summed E-state index contributed by atoms with van der Waals surface area (Å²) in [4.78, 5) is 25.3. The Hall–Kier alpha value is -3.03. The first-order valence-electron chi connectivity index (χ1n) is 8.39. The number of phenolic OH excluding ortho intramolecular Hbond substituents is 1. The van der Waals surface area contributed by atoms with Gasteiger partial charge in [0.05, 0.1) is 16.5 Å². The van der Waals surface area contributed by atoms with Crippen LogP contribution in [0.3, 0.4) is 0 Å². The number of benzene rings is 2. The molecule has 0 unspecified atom stereocenters. The van der Waals surface area contributed by atoms with Gasteiger partial charge in [0, 0.05) is 16.9 Å². The SMILES string of the molecule is CCOc1cc(C(=O)Nc2cccc(NC(=O)c3cccs3)c2)cc(Cl)c1O. The van der Waals surface area contributed by atoms with Gasteiger partial charge in [-0.1, -0.05) is 23.7 Å². The zero-order valence-corrected chi connectivity index (χ0v) is 16.4. The Bertz CT molecular complexity index is 1010. The smallest absolute Gasteiger partial charge is 0.265 e. The van der Waals surface area contributed by atoms with Gasteiger partial charge in [0.1, 0.15) is 0 Å². The molecule has 0 aliphatic rings. The predicted octanol–water partition coefficient (Wildman–Crippen LogP) is 5.01. The van der Waals surface area contributed by atoms with Gasteiger partial charge in [-0.05, 0) is 48.7 Å². The summed E-state index contributed by atoms with van der Waals surface area (Å²) in [5.74, 6) is -0.717. The monoisotopic (exact) mass is 416 g/mol. The van der Waals surface area contributed by atoms with Gasteiger partial charge in [-0.2, -0.15) is 0 Å². The maximum absolute atomic E-state index is 12.6. The average Bonchev–Trinajstić information content (AvgIpc) is 3.20. The maximum Gasteiger partial charge on any atom is 0.265 e. The van der Waals surface area contributed by atoms with Crippen LogP contribution in [0.1, 0.15) is 27.0 Å². The minimum Gasteiger partial charge on any atom is -0.503 e. The van der Waals surface area contributed by atoms with Crippen molar-refractivity contribution in [3.63, 3.8) is 0 Å². The summed E-state index contributed by atoms with van der Waals surface area (Å²) in [5.41, 5.74) is 1.28. The molecule has 1 heterocycles. The van der Waals surface area contributed by atoms with E-state index in [1.54, 1.807) is 43.3 Å². The highest BCUT2D eigenvalue weighted by Crippen LogP contribution is 2.35. The number of nitrogens with one attached hydrogen (secondary N) is 2. The van der Waals surface area contributed by atoms with Crippen molar-refractivity contribution in [1.82, 2.24) is 0 Å². The second-order valence-electron chi connectivity index (χ2n) is 5.70. The summed E-state index contributed by atoms with van der Waals surface area (Å²) < 4.78 is 5.30. The van der Waals surface area contributed by atoms with E-state index in [-0.39, 0.29) is 28.0 Å². The van der Waals surface area contributed by atoms with Crippen LogP contribution in [0.5, 0.6) is 11.5 Å². The van der Waals surface area contributed by atoms with Crippen LogP contribution in [0.2, 0.25) is 5.02 Å². The summed E-state index contributed by atoms with van der Waals surface area (Å²) in [6.45, 7) is 2.08. The number of phenols is 1. The van der Waals surface area contributed by atoms with Gasteiger partial charge >= 0.3 is 0 Å². The Morgan fingerprint density at radius 2 is 1.79 bits per heavy atom. The van der Waals surface area contributed by atoms with Gasteiger partial charge < -0.3 is 20.5 Å². The lowest BCUT2D eigenvalue weighted by molar-refractivity contribution is 0.102. The third kappa shape index (κ3) is 4.62. The number of aromatic hydroxyl groups is 1. The highest BCUT2D eigenvalue weighted by molar-refractivity contribution is 7.12. The lowest BCUT2D eigenvalue weighted by Gasteiger charge is -2.11. The first kappa shape index (κ1) is 19.7. The topological polar surface area (TPSA) is 87.7 Å². The predicted molar refractivity (Wildman–Crippen MR) is 111 cm³/mol. The van der Waals surface area contributed by atoms with Crippen LogP contribution in [0.25, 0.3) is 0 Å². The van der Waals surface area contributed by atoms with Gasteiger partial charge in [0.25, 0.3) is 11.8 Å². The second-order valence-corrected chi connectivity index (χ2v) is 7.06. The van der Waals surface area contributed by atoms with Crippen molar-refractivity contribution in [2.24, 2.45) is 0 Å². The molecule has 3 N–H and O–H groups in total. The number of halogens is 1. The fourth-order valence-corrected chi connectivity index (χ4v) is 3.28. The van der Waals surface area contributed by atoms with Crippen LogP contribution >= 0.6 is 22.9 Å². The Morgan fingerprint density at radius 1 is 1.07 bits per heavy atom. The lowest BCUT2D eigenvalue weighted by Crippen LogP contribution is -2.13. The molecule has 0 atom stereocenters. The van der Waals surface area contributed by atoms with E-state index >= 15 is 0 Å². The van der Waals surface area contributed by atoms with Gasteiger partial charge in [-0.3, -0.25) is 9.59 Å². The second kappa shape index (κ2) is 8.77. The largest absolute Gasteiger partial charge is 0.503 e. The molecule has 28 heavy (non-hydrogen) atoms. The molecular weight excluding hydrogens is 400 g/mol. The number of thiophene rings is 1. The zero-order chi connectivity index (χ0) is 20.1. The number of carbonyl (C=O) groups is 2. The van der Waals surface area contributed by atoms with E-state index in [1.165, 1.54) is 23.5 Å². The number of hydrogen-bond acceptors (Lipinski definition) is 5. The summed E-state index contributed by atoms with van der Waals surface area (Å²) in [7, 11) is 0. The molecule has 8 heteroatoms. The molecule has 0 spiro atoms. The van der Waals surface area contributed by atoms with Crippen LogP contribution in [0, 0.1) is 0 Å². The number of carbonyl (C=O) groups excluding carboxylic acids is 2. The number of hydrogen-bond donors (Lipinski definition) is 3. The van der Waals surface area contributed by atoms with E-state index in [2.05, 4.69) is 10.6 Å². The van der Waals surface area contributed by atoms with Crippen molar-refractivity contribution in [2.75, 3.05) is 17.2 Å². The number of rotatable bonds is 6. The number of ether oxygens (including phenoxy) is 1. The minimum atomic E-state index is -0.426. The van der Waals surface area contributed by atoms with Crippen molar-refractivity contribution in [2.45, 2.75) is 6.92 Å². The molecule has 0 saturated heterocycles. The Morgan fingerprint density at radius 3 is 2.43 bits per heavy atom. The first-order valence-corrected chi connectivity index (χ1v) is 9.65. The molecule has 6 nitrogen and oxygen atoms in total. The van der Waals surface area contributed by atoms with Crippen molar-refractivity contribution < 1.29 is 19.4 Å². The summed E-state index contributed by atoms with van der Waals surface area (Å²) in [5, 5.41) is 17.3. The molecule has 0 fully saturated rings. The lowest BCUT2D eigenvalue weighted by atomic mass is 10.1. The van der Waals surface area contributed by atoms with Crippen molar-refractivity contribution >= 4 is 46.1 Å². The van der Waals surface area contributed by atoms with Gasteiger partial charge in [-0.15, -0.1) is 11.3 Å². The molecular formula is C20H17ClN2O4S. The summed E-state index contributed by atoms with van der Waals surface area (Å²) in [6.07, 6.45) is 0. The van der Waals surface area contributed by atoms with Crippen LogP contribution in [0.4, 0.5) is 11.4 Å². The number of amides is 2. The van der Waals surface area contributed by atoms with E-state index in [4.69, 9.17) is 16.3 Å². The van der Waals surface area contributed by atoms with E-state index in [0.717, 1.165) is 0 Å². The van der Waals surface area contributed by atoms with Crippen LogP contribution < -0.4 is 15.4 Å². The molecule has 0 aliphatic heterocycles. The fraction of sp³-hybridized carbons (Fsp3) is 0.100. The van der Waals surface area contributed by atoms with E-state index < -0.39 is 5.91 Å². The Kier molecular flexibility index (Phi) is 6.18. The Labute approximate surface area is 170 Å². The molecule has 3 aromatic rings. The summed E-state index contributed by atoms with van der Waals surface area (Å²) >= 11 is 7.32. The van der Waals surface area contributed by atoms with Gasteiger partial charge in [-0.25, -0.2) is 0 Å². The molecule has 0 radical (unpaired) electrons. The molecule has 2 aromatic carbocycles. The highest BCUT2D eigenvalue weighted by atomic mass is 35.5. The van der Waals surface area contributed by atoms with E-state index in [0.29, 0.717) is 22.9 Å². The fourth-order valence-electron chi connectivity index (χ4n) is 2.45. The first-order chi connectivity index (χ1) is 13.5. The van der Waals surface area contributed by atoms with Gasteiger partial charge in [0.2, 0.25) is 0 Å². The molecule has 0 saturated carbocycles. The van der Waals surface area contributed by atoms with Crippen LogP contribution in [-0.2, 0) is 0 Å². The average molecular weight is 417 g/mol. The number of anilines is 2. The normalized spacial score (nSPS) is 10.4. The highest BCUT2D eigenvalue weighted by Gasteiger charge is 2.15. The summed E-state index contributed by atoms with van der Waals surface area (Å²) in [6, 6.07) is 13.1. The molecule has 1 aromatic heterocycles. The van der Waals surface area contributed by atoms with E-state index in [9.17, 15) is 14.7 Å². The quantitative estimate of drug-likeness (QED) is 0.527. The molecule has 2 amide bonds. The van der Waals surface area contributed by atoms with Crippen LogP contribution in [-0.4, -0.2) is 23.5 Å². The van der Waals surface area contributed by atoms with Crippen molar-refractivity contribution in [3.05, 3.63) is 69.4 Å². The molecule has 0 aliphatic carbocycles. The standard InChI is InChI=1S/C20H17ClN2O4S/c1-2-27-16-10-12(9-15(21)18(16)24)19(25)22-13-5-3-6-14(11-13)23-20(26)17-7-4-8-28-17/h3-11,24H,2H2,1H3,(H,22,25)(H,23,26). The molecule has 144 valence electrons. The maximum atomic E-state index is 12.6. The molecule has 0 bridgehead atoms. The molecule has 3 rings (SSSR count). The minimum absolute atomic E-state index is 0.0214. The zero-order valence-electron chi connectivity index (χ0n) is 14.9.